The molecule has 0 saturated heterocycles. The van der Waals surface area contributed by atoms with E-state index in [2.05, 4.69) is 33.0 Å². The fraction of sp³-hybridized carbons (Fsp3) is 0.538. The molecule has 0 spiro atoms. The van der Waals surface area contributed by atoms with Crippen LogP contribution in [0.4, 0.5) is 11.4 Å². The summed E-state index contributed by atoms with van der Waals surface area (Å²) in [6, 6.07) is 4.43. The van der Waals surface area contributed by atoms with Gasteiger partial charge in [0.05, 0.1) is 16.3 Å². The van der Waals surface area contributed by atoms with Crippen molar-refractivity contribution in [3.05, 3.63) is 18.2 Å². The first-order chi connectivity index (χ1) is 8.54. The van der Waals surface area contributed by atoms with E-state index < -0.39 is 10.0 Å². The number of benzene rings is 1. The van der Waals surface area contributed by atoms with Crippen molar-refractivity contribution in [2.45, 2.75) is 32.6 Å². The third-order valence-electron chi connectivity index (χ3n) is 3.65. The van der Waals surface area contributed by atoms with E-state index in [1.807, 2.05) is 0 Å². The highest BCUT2D eigenvalue weighted by Gasteiger charge is 2.22. The van der Waals surface area contributed by atoms with Crippen molar-refractivity contribution < 1.29 is 8.42 Å². The third-order valence-corrected chi connectivity index (χ3v) is 4.56. The Hall–Kier alpha value is -1.27. The van der Waals surface area contributed by atoms with Crippen LogP contribution in [-0.4, -0.2) is 15.0 Å². The Morgan fingerprint density at radius 2 is 1.89 bits per heavy atom. The highest BCUT2D eigenvalue weighted by molar-refractivity contribution is 7.89. The molecule has 0 atom stereocenters. The topological polar surface area (TPSA) is 98.2 Å². The van der Waals surface area contributed by atoms with Crippen LogP contribution in [-0.2, 0) is 10.0 Å². The fourth-order valence-electron chi connectivity index (χ4n) is 1.39. The standard InChI is InChI=1S/C13H23N3O2S/c1-9(2)13(3,4)8-16-12-7-10(19(15,17)18)5-6-11(12)14/h5-7,9,16H,8,14H2,1-4H3,(H2,15,17,18). The molecule has 5 nitrogen and oxygen atoms in total. The Labute approximate surface area is 115 Å². The first kappa shape index (κ1) is 15.8. The van der Waals surface area contributed by atoms with Gasteiger partial charge >= 0.3 is 0 Å². The molecule has 0 heterocycles. The van der Waals surface area contributed by atoms with Crippen molar-refractivity contribution in [2.24, 2.45) is 16.5 Å². The lowest BCUT2D eigenvalue weighted by atomic mass is 9.81. The predicted octanol–water partition coefficient (Wildman–Crippen LogP) is 2.01. The molecule has 19 heavy (non-hydrogen) atoms. The smallest absolute Gasteiger partial charge is 0.238 e. The lowest BCUT2D eigenvalue weighted by Crippen LogP contribution is -2.28. The van der Waals surface area contributed by atoms with Gasteiger partial charge in [-0.3, -0.25) is 0 Å². The normalized spacial score (nSPS) is 12.7. The first-order valence-electron chi connectivity index (χ1n) is 6.20. The number of nitrogen functional groups attached to an aromatic ring is 1. The summed E-state index contributed by atoms with van der Waals surface area (Å²) in [7, 11) is -3.71. The summed E-state index contributed by atoms with van der Waals surface area (Å²) in [4.78, 5) is 0.0616. The second-order valence-corrected chi connectivity index (χ2v) is 7.35. The van der Waals surface area contributed by atoms with Crippen molar-refractivity contribution in [1.82, 2.24) is 0 Å². The molecule has 0 aliphatic rings. The molecule has 0 amide bonds. The minimum absolute atomic E-state index is 0.0616. The van der Waals surface area contributed by atoms with Crippen molar-refractivity contribution in [3.8, 4) is 0 Å². The molecule has 0 radical (unpaired) electrons. The van der Waals surface area contributed by atoms with Gasteiger partial charge in [0.15, 0.2) is 0 Å². The zero-order valence-corrected chi connectivity index (χ0v) is 12.7. The second-order valence-electron chi connectivity index (χ2n) is 5.79. The Bertz CT molecular complexity index is 551. The van der Waals surface area contributed by atoms with E-state index in [0.29, 0.717) is 23.8 Å². The number of nitrogens with one attached hydrogen (secondary N) is 1. The van der Waals surface area contributed by atoms with Crippen LogP contribution in [0, 0.1) is 11.3 Å². The van der Waals surface area contributed by atoms with Crippen LogP contribution in [0.3, 0.4) is 0 Å². The number of rotatable bonds is 5. The van der Waals surface area contributed by atoms with Gasteiger partial charge in [0.25, 0.3) is 0 Å². The van der Waals surface area contributed by atoms with Gasteiger partial charge in [-0.15, -0.1) is 0 Å². The predicted molar refractivity (Wildman–Crippen MR) is 79.3 cm³/mol. The molecule has 0 saturated carbocycles. The van der Waals surface area contributed by atoms with Gasteiger partial charge in [-0.1, -0.05) is 27.7 Å². The van der Waals surface area contributed by atoms with Crippen LogP contribution in [0.25, 0.3) is 0 Å². The van der Waals surface area contributed by atoms with E-state index in [4.69, 9.17) is 10.9 Å². The van der Waals surface area contributed by atoms with Crippen LogP contribution in [0.15, 0.2) is 23.1 Å². The average molecular weight is 285 g/mol. The number of primary sulfonamides is 1. The maximum absolute atomic E-state index is 11.3. The summed E-state index contributed by atoms with van der Waals surface area (Å²) >= 11 is 0. The zero-order valence-electron chi connectivity index (χ0n) is 11.9. The lowest BCUT2D eigenvalue weighted by Gasteiger charge is -2.30. The molecule has 1 aromatic rings. The molecule has 0 unspecified atom stereocenters. The maximum atomic E-state index is 11.3. The van der Waals surface area contributed by atoms with E-state index in [0.717, 1.165) is 0 Å². The van der Waals surface area contributed by atoms with E-state index >= 15 is 0 Å². The molecule has 0 bridgehead atoms. The van der Waals surface area contributed by atoms with E-state index in [-0.39, 0.29) is 10.3 Å². The third kappa shape index (κ3) is 4.11. The van der Waals surface area contributed by atoms with Gasteiger partial charge in [-0.05, 0) is 29.5 Å². The molecule has 0 fully saturated rings. The van der Waals surface area contributed by atoms with Gasteiger partial charge in [0.1, 0.15) is 0 Å². The number of nitrogens with two attached hydrogens (primary N) is 2. The second kappa shape index (κ2) is 5.38. The quantitative estimate of drug-likeness (QED) is 0.721. The maximum Gasteiger partial charge on any atom is 0.238 e. The van der Waals surface area contributed by atoms with Gasteiger partial charge in [-0.2, -0.15) is 0 Å². The number of sulfonamides is 1. The molecule has 5 N–H and O–H groups in total. The number of hydrogen-bond donors (Lipinski definition) is 3. The summed E-state index contributed by atoms with van der Waals surface area (Å²) in [5, 5.41) is 8.31. The lowest BCUT2D eigenvalue weighted by molar-refractivity contribution is 0.270. The number of anilines is 2. The molecule has 108 valence electrons. The summed E-state index contributed by atoms with van der Waals surface area (Å²) in [6.45, 7) is 9.27. The largest absolute Gasteiger partial charge is 0.397 e. The summed E-state index contributed by atoms with van der Waals surface area (Å²) in [5.74, 6) is 0.489. The SMILES string of the molecule is CC(C)C(C)(C)CNc1cc(S(N)(=O)=O)ccc1N. The molecular weight excluding hydrogens is 262 g/mol. The minimum Gasteiger partial charge on any atom is -0.397 e. The Morgan fingerprint density at radius 3 is 2.37 bits per heavy atom. The fourth-order valence-corrected chi connectivity index (χ4v) is 1.93. The molecule has 0 aliphatic heterocycles. The molecule has 1 rings (SSSR count). The van der Waals surface area contributed by atoms with Gasteiger partial charge in [0.2, 0.25) is 10.0 Å². The van der Waals surface area contributed by atoms with Crippen LogP contribution < -0.4 is 16.2 Å². The summed E-state index contributed by atoms with van der Waals surface area (Å²) in [6.07, 6.45) is 0. The van der Waals surface area contributed by atoms with E-state index in [1.54, 1.807) is 6.07 Å². The van der Waals surface area contributed by atoms with Crippen LogP contribution in [0.5, 0.6) is 0 Å². The van der Waals surface area contributed by atoms with E-state index in [1.165, 1.54) is 12.1 Å². The molecule has 6 heteroatoms. The highest BCUT2D eigenvalue weighted by Crippen LogP contribution is 2.28. The Kier molecular flexibility index (Phi) is 4.47. The van der Waals surface area contributed by atoms with Crippen LogP contribution in [0.2, 0.25) is 0 Å². The van der Waals surface area contributed by atoms with Crippen molar-refractivity contribution in [3.63, 3.8) is 0 Å². The zero-order chi connectivity index (χ0) is 14.8. The average Bonchev–Trinajstić information content (AvgIpc) is 2.26. The van der Waals surface area contributed by atoms with Crippen molar-refractivity contribution >= 4 is 21.4 Å². The number of hydrogen-bond acceptors (Lipinski definition) is 4. The first-order valence-corrected chi connectivity index (χ1v) is 7.75. The molecule has 0 aliphatic carbocycles. The molecular formula is C13H23N3O2S. The van der Waals surface area contributed by atoms with Crippen molar-refractivity contribution in [2.75, 3.05) is 17.6 Å². The van der Waals surface area contributed by atoms with Gasteiger partial charge in [-0.25, -0.2) is 13.6 Å². The van der Waals surface area contributed by atoms with Gasteiger partial charge in [0, 0.05) is 6.54 Å². The molecule has 0 aromatic heterocycles. The van der Waals surface area contributed by atoms with E-state index in [9.17, 15) is 8.42 Å². The van der Waals surface area contributed by atoms with Crippen LogP contribution >= 0.6 is 0 Å². The van der Waals surface area contributed by atoms with Gasteiger partial charge < -0.3 is 11.1 Å². The molecule has 1 aromatic carbocycles. The van der Waals surface area contributed by atoms with Crippen LogP contribution in [0.1, 0.15) is 27.7 Å². The Morgan fingerprint density at radius 1 is 1.32 bits per heavy atom. The monoisotopic (exact) mass is 285 g/mol. The Balaban J connectivity index is 2.96. The van der Waals surface area contributed by atoms with Crippen molar-refractivity contribution in [1.29, 1.82) is 0 Å². The summed E-state index contributed by atoms with van der Waals surface area (Å²) < 4.78 is 22.6. The minimum atomic E-state index is -3.71. The highest BCUT2D eigenvalue weighted by atomic mass is 32.2. The summed E-state index contributed by atoms with van der Waals surface area (Å²) in [5.41, 5.74) is 7.02.